The standard InChI is InChI=1S/C29H20N2/c1-30-27-18-10-11-19-28(27)31(25-16-6-3-7-17-25)29-21-24-15-9-8-14-23(24)20-26(29)22-12-4-2-5-13-22/h2-21H. The SMILES string of the molecule is [C-]#[N+]c1ccccc1N(c1ccccc1)c1cc2ccccc2cc1-c1ccccc1. The molecular weight excluding hydrogens is 376 g/mol. The van der Waals surface area contributed by atoms with Crippen LogP contribution >= 0.6 is 0 Å². The molecule has 0 amide bonds. The maximum absolute atomic E-state index is 7.75. The Labute approximate surface area is 182 Å². The first-order valence-electron chi connectivity index (χ1n) is 10.2. The fourth-order valence-corrected chi connectivity index (χ4v) is 4.00. The van der Waals surface area contributed by atoms with Crippen LogP contribution in [0.4, 0.5) is 22.7 Å². The van der Waals surface area contributed by atoms with Crippen molar-refractivity contribution in [3.05, 3.63) is 133 Å². The third-order valence-electron chi connectivity index (χ3n) is 5.45. The van der Waals surface area contributed by atoms with Crippen LogP contribution in [0.1, 0.15) is 0 Å². The Bertz CT molecular complexity index is 1380. The molecule has 2 heteroatoms. The highest BCUT2D eigenvalue weighted by atomic mass is 15.2. The third kappa shape index (κ3) is 3.54. The first-order valence-corrected chi connectivity index (χ1v) is 10.2. The van der Waals surface area contributed by atoms with Gasteiger partial charge in [0.25, 0.3) is 0 Å². The molecule has 5 aromatic carbocycles. The second-order valence-electron chi connectivity index (χ2n) is 7.35. The minimum absolute atomic E-state index is 0.624. The average molecular weight is 396 g/mol. The Morgan fingerprint density at radius 3 is 1.84 bits per heavy atom. The molecule has 0 aliphatic rings. The summed E-state index contributed by atoms with van der Waals surface area (Å²) in [6.07, 6.45) is 0. The molecule has 146 valence electrons. The Hall–Kier alpha value is -4.35. The number of nitrogens with zero attached hydrogens (tertiary/aromatic N) is 2. The van der Waals surface area contributed by atoms with Gasteiger partial charge in [-0.05, 0) is 46.7 Å². The topological polar surface area (TPSA) is 7.60 Å². The van der Waals surface area contributed by atoms with Gasteiger partial charge in [0.2, 0.25) is 5.69 Å². The van der Waals surface area contributed by atoms with Crippen LogP contribution < -0.4 is 4.90 Å². The van der Waals surface area contributed by atoms with E-state index in [2.05, 4.69) is 82.5 Å². The molecule has 0 saturated heterocycles. The van der Waals surface area contributed by atoms with Gasteiger partial charge in [0.15, 0.2) is 0 Å². The number of hydrogen-bond acceptors (Lipinski definition) is 1. The van der Waals surface area contributed by atoms with E-state index in [1.807, 2.05) is 48.5 Å². The molecule has 2 nitrogen and oxygen atoms in total. The van der Waals surface area contributed by atoms with E-state index in [0.29, 0.717) is 5.69 Å². The van der Waals surface area contributed by atoms with Crippen LogP contribution in [0, 0.1) is 6.57 Å². The minimum Gasteiger partial charge on any atom is -0.320 e. The Balaban J connectivity index is 1.86. The lowest BCUT2D eigenvalue weighted by molar-refractivity contribution is 1.29. The predicted octanol–water partition coefficient (Wildman–Crippen LogP) is 8.53. The van der Waals surface area contributed by atoms with Crippen LogP contribution in [0.3, 0.4) is 0 Å². The van der Waals surface area contributed by atoms with Gasteiger partial charge in [-0.3, -0.25) is 0 Å². The van der Waals surface area contributed by atoms with E-state index in [9.17, 15) is 0 Å². The molecule has 0 spiro atoms. The van der Waals surface area contributed by atoms with Gasteiger partial charge >= 0.3 is 0 Å². The van der Waals surface area contributed by atoms with E-state index in [1.54, 1.807) is 0 Å². The summed E-state index contributed by atoms with van der Waals surface area (Å²) in [6.45, 7) is 7.75. The van der Waals surface area contributed by atoms with Crippen molar-refractivity contribution in [2.24, 2.45) is 0 Å². The van der Waals surface area contributed by atoms with E-state index in [1.165, 1.54) is 10.8 Å². The van der Waals surface area contributed by atoms with Gasteiger partial charge in [0, 0.05) is 11.3 Å². The number of benzene rings is 5. The second-order valence-corrected chi connectivity index (χ2v) is 7.35. The number of para-hydroxylation sites is 3. The van der Waals surface area contributed by atoms with Crippen molar-refractivity contribution in [2.75, 3.05) is 4.90 Å². The number of anilines is 3. The molecule has 0 atom stereocenters. The molecule has 0 aliphatic carbocycles. The first-order chi connectivity index (χ1) is 15.3. The monoisotopic (exact) mass is 396 g/mol. The highest BCUT2D eigenvalue weighted by Crippen LogP contribution is 2.45. The summed E-state index contributed by atoms with van der Waals surface area (Å²) in [5.41, 5.74) is 5.83. The first kappa shape index (κ1) is 18.7. The van der Waals surface area contributed by atoms with Crippen molar-refractivity contribution < 1.29 is 0 Å². The van der Waals surface area contributed by atoms with Crippen LogP contribution in [0.15, 0.2) is 121 Å². The molecule has 0 heterocycles. The minimum atomic E-state index is 0.624. The van der Waals surface area contributed by atoms with Crippen LogP contribution in [-0.4, -0.2) is 0 Å². The Kier molecular flexibility index (Phi) is 4.92. The molecule has 0 fully saturated rings. The maximum atomic E-state index is 7.75. The number of rotatable bonds is 4. The van der Waals surface area contributed by atoms with E-state index >= 15 is 0 Å². The van der Waals surface area contributed by atoms with Crippen molar-refractivity contribution in [3.63, 3.8) is 0 Å². The van der Waals surface area contributed by atoms with Gasteiger partial charge in [-0.25, -0.2) is 4.85 Å². The normalized spacial score (nSPS) is 10.5. The van der Waals surface area contributed by atoms with Crippen LogP contribution in [-0.2, 0) is 0 Å². The zero-order chi connectivity index (χ0) is 21.0. The zero-order valence-corrected chi connectivity index (χ0v) is 16.9. The van der Waals surface area contributed by atoms with Crippen LogP contribution in [0.5, 0.6) is 0 Å². The van der Waals surface area contributed by atoms with Gasteiger partial charge in [-0.2, -0.15) is 0 Å². The number of fused-ring (bicyclic) bond motifs is 1. The largest absolute Gasteiger partial charge is 0.320 e. The van der Waals surface area contributed by atoms with Gasteiger partial charge in [-0.15, -0.1) is 0 Å². The molecule has 5 aromatic rings. The molecule has 31 heavy (non-hydrogen) atoms. The summed E-state index contributed by atoms with van der Waals surface area (Å²) in [5, 5.41) is 2.36. The molecule has 0 aromatic heterocycles. The van der Waals surface area contributed by atoms with Crippen molar-refractivity contribution in [1.29, 1.82) is 0 Å². The molecule has 0 radical (unpaired) electrons. The Morgan fingerprint density at radius 2 is 1.13 bits per heavy atom. The van der Waals surface area contributed by atoms with Crippen LogP contribution in [0.2, 0.25) is 0 Å². The third-order valence-corrected chi connectivity index (χ3v) is 5.45. The fraction of sp³-hybridized carbons (Fsp3) is 0. The summed E-state index contributed by atoms with van der Waals surface area (Å²) >= 11 is 0. The smallest absolute Gasteiger partial charge is 0.210 e. The summed E-state index contributed by atoms with van der Waals surface area (Å²) in [5.74, 6) is 0. The maximum Gasteiger partial charge on any atom is 0.210 e. The Morgan fingerprint density at radius 1 is 0.548 bits per heavy atom. The fourth-order valence-electron chi connectivity index (χ4n) is 4.00. The lowest BCUT2D eigenvalue weighted by Crippen LogP contribution is -2.11. The molecule has 0 bridgehead atoms. The molecule has 0 saturated carbocycles. The van der Waals surface area contributed by atoms with E-state index in [4.69, 9.17) is 6.57 Å². The lowest BCUT2D eigenvalue weighted by Gasteiger charge is -2.29. The summed E-state index contributed by atoms with van der Waals surface area (Å²) in [6, 6.07) is 41.4. The number of hydrogen-bond donors (Lipinski definition) is 0. The average Bonchev–Trinajstić information content (AvgIpc) is 2.85. The van der Waals surface area contributed by atoms with Crippen molar-refractivity contribution in [3.8, 4) is 11.1 Å². The summed E-state index contributed by atoms with van der Waals surface area (Å²) in [7, 11) is 0. The highest BCUT2D eigenvalue weighted by molar-refractivity contribution is 5.99. The molecule has 0 unspecified atom stereocenters. The van der Waals surface area contributed by atoms with Gasteiger partial charge in [0.05, 0.1) is 17.9 Å². The van der Waals surface area contributed by atoms with Crippen molar-refractivity contribution in [1.82, 2.24) is 0 Å². The van der Waals surface area contributed by atoms with Gasteiger partial charge in [-0.1, -0.05) is 91.0 Å². The lowest BCUT2D eigenvalue weighted by atomic mass is 9.97. The highest BCUT2D eigenvalue weighted by Gasteiger charge is 2.20. The predicted molar refractivity (Wildman–Crippen MR) is 130 cm³/mol. The zero-order valence-electron chi connectivity index (χ0n) is 16.9. The molecule has 0 N–H and O–H groups in total. The van der Waals surface area contributed by atoms with E-state index < -0.39 is 0 Å². The molecule has 5 rings (SSSR count). The quantitative estimate of drug-likeness (QED) is 0.276. The van der Waals surface area contributed by atoms with E-state index in [-0.39, 0.29) is 0 Å². The van der Waals surface area contributed by atoms with E-state index in [0.717, 1.165) is 28.2 Å². The summed E-state index contributed by atoms with van der Waals surface area (Å²) in [4.78, 5) is 6.01. The molecule has 0 aliphatic heterocycles. The second kappa shape index (κ2) is 8.18. The van der Waals surface area contributed by atoms with Gasteiger partial charge < -0.3 is 4.90 Å². The molecular formula is C29H20N2. The van der Waals surface area contributed by atoms with Gasteiger partial charge in [0.1, 0.15) is 0 Å². The van der Waals surface area contributed by atoms with Crippen LogP contribution in [0.25, 0.3) is 26.7 Å². The summed E-state index contributed by atoms with van der Waals surface area (Å²) < 4.78 is 0. The van der Waals surface area contributed by atoms with Crippen molar-refractivity contribution in [2.45, 2.75) is 0 Å². The van der Waals surface area contributed by atoms with Crippen molar-refractivity contribution >= 4 is 33.5 Å².